The van der Waals surface area contributed by atoms with Gasteiger partial charge in [-0.25, -0.2) is 5.84 Å². The lowest BCUT2D eigenvalue weighted by atomic mass is 10.4. The van der Waals surface area contributed by atoms with Crippen LogP contribution in [0.25, 0.3) is 0 Å². The third-order valence-corrected chi connectivity index (χ3v) is 2.07. The molecule has 0 bridgehead atoms. The number of aliphatic hydroxyl groups excluding tert-OH is 1. The first-order chi connectivity index (χ1) is 4.22. The predicted molar refractivity (Wildman–Crippen MR) is 35.3 cm³/mol. The quantitative estimate of drug-likeness (QED) is 0.425. The van der Waals surface area contributed by atoms with Gasteiger partial charge in [-0.1, -0.05) is 16.0 Å². The van der Waals surface area contributed by atoms with Crippen LogP contribution in [-0.4, -0.2) is 5.11 Å². The molecule has 0 fully saturated rings. The highest BCUT2D eigenvalue weighted by atomic mass is 32.1. The molecule has 0 saturated carbocycles. The third kappa shape index (κ3) is 1.20. The van der Waals surface area contributed by atoms with E-state index >= 15 is 0 Å². The van der Waals surface area contributed by atoms with Gasteiger partial charge in [0.2, 0.25) is 6.20 Å². The van der Waals surface area contributed by atoms with Gasteiger partial charge in [0.25, 0.3) is 5.01 Å². The average Bonchev–Trinajstić information content (AvgIpc) is 2.13. The molecule has 0 saturated heterocycles. The van der Waals surface area contributed by atoms with Gasteiger partial charge in [-0.05, 0) is 6.92 Å². The minimum Gasteiger partial charge on any atom is -0.381 e. The summed E-state index contributed by atoms with van der Waals surface area (Å²) in [4.78, 5) is 0. The number of hydrogen-bond acceptors (Lipinski definition) is 3. The summed E-state index contributed by atoms with van der Waals surface area (Å²) in [6, 6.07) is 0. The molecule has 1 atom stereocenters. The highest BCUT2D eigenvalue weighted by Gasteiger charge is 2.14. The van der Waals surface area contributed by atoms with Gasteiger partial charge in [0, 0.05) is 0 Å². The van der Waals surface area contributed by atoms with Gasteiger partial charge in [0.1, 0.15) is 6.10 Å². The van der Waals surface area contributed by atoms with Crippen LogP contribution in [0.5, 0.6) is 0 Å². The molecular weight excluding hydrogens is 136 g/mol. The molecule has 0 amide bonds. The van der Waals surface area contributed by atoms with E-state index < -0.39 is 6.10 Å². The van der Waals surface area contributed by atoms with Crippen molar-refractivity contribution in [2.75, 3.05) is 5.84 Å². The normalized spacial score (nSPS) is 13.6. The first-order valence-electron chi connectivity index (χ1n) is 2.64. The number of thiazole rings is 1. The summed E-state index contributed by atoms with van der Waals surface area (Å²) in [7, 11) is 0. The van der Waals surface area contributed by atoms with E-state index in [9.17, 15) is 0 Å². The highest BCUT2D eigenvalue weighted by molar-refractivity contribution is 7.09. The van der Waals surface area contributed by atoms with Gasteiger partial charge in [0.15, 0.2) is 0 Å². The van der Waals surface area contributed by atoms with Crippen molar-refractivity contribution < 1.29 is 9.78 Å². The minimum absolute atomic E-state index is 0.463. The molecule has 1 unspecified atom stereocenters. The van der Waals surface area contributed by atoms with Crippen LogP contribution in [0.2, 0.25) is 0 Å². The Morgan fingerprint density at radius 1 is 1.89 bits per heavy atom. The predicted octanol–water partition coefficient (Wildman–Crippen LogP) is -0.197. The lowest BCUT2D eigenvalue weighted by molar-refractivity contribution is -0.645. The van der Waals surface area contributed by atoms with E-state index in [1.54, 1.807) is 13.1 Å². The first kappa shape index (κ1) is 6.51. The van der Waals surface area contributed by atoms with Crippen LogP contribution in [-0.2, 0) is 0 Å². The summed E-state index contributed by atoms with van der Waals surface area (Å²) in [5.41, 5.74) is 0. The summed E-state index contributed by atoms with van der Waals surface area (Å²) in [6.45, 7) is 1.69. The second-order valence-electron chi connectivity index (χ2n) is 1.82. The van der Waals surface area contributed by atoms with Gasteiger partial charge >= 0.3 is 0 Å². The summed E-state index contributed by atoms with van der Waals surface area (Å²) in [6.07, 6.45) is 1.25. The largest absolute Gasteiger partial charge is 0.381 e. The number of nitrogens with two attached hydrogens (primary N) is 1. The van der Waals surface area contributed by atoms with Crippen LogP contribution < -0.4 is 10.5 Å². The number of aliphatic hydroxyl groups is 1. The standard InChI is InChI=1S/C5H9N2OS/c1-4(8)5-7(6)2-3-9-5/h2-4,8H,6H2,1H3/q+1. The molecule has 0 aromatic carbocycles. The zero-order valence-corrected chi connectivity index (χ0v) is 5.93. The summed E-state index contributed by atoms with van der Waals surface area (Å²) >= 11 is 1.45. The molecule has 50 valence electrons. The lowest BCUT2D eigenvalue weighted by Gasteiger charge is -1.91. The molecule has 3 N–H and O–H groups in total. The van der Waals surface area contributed by atoms with Crippen molar-refractivity contribution in [3.63, 3.8) is 0 Å². The molecule has 0 spiro atoms. The monoisotopic (exact) mass is 145 g/mol. The van der Waals surface area contributed by atoms with Crippen LogP contribution in [0.4, 0.5) is 0 Å². The zero-order valence-electron chi connectivity index (χ0n) is 5.11. The smallest absolute Gasteiger partial charge is 0.294 e. The topological polar surface area (TPSA) is 50.1 Å². The fourth-order valence-electron chi connectivity index (χ4n) is 0.614. The fraction of sp³-hybridized carbons (Fsp3) is 0.400. The van der Waals surface area contributed by atoms with Gasteiger partial charge in [-0.15, -0.1) is 0 Å². The fourth-order valence-corrected chi connectivity index (χ4v) is 1.33. The second-order valence-corrected chi connectivity index (χ2v) is 2.75. The number of hydrogen-bond donors (Lipinski definition) is 2. The number of nitrogen functional groups attached to an aromatic ring is 1. The molecular formula is C5H9N2OS+. The Labute approximate surface area is 57.3 Å². The van der Waals surface area contributed by atoms with Crippen molar-refractivity contribution in [2.45, 2.75) is 13.0 Å². The van der Waals surface area contributed by atoms with E-state index in [2.05, 4.69) is 0 Å². The van der Waals surface area contributed by atoms with Crippen molar-refractivity contribution in [1.29, 1.82) is 0 Å². The molecule has 1 rings (SSSR count). The number of rotatable bonds is 1. The Kier molecular flexibility index (Phi) is 1.68. The number of nitrogens with zero attached hydrogens (tertiary/aromatic N) is 1. The van der Waals surface area contributed by atoms with E-state index in [1.807, 2.05) is 5.38 Å². The maximum atomic E-state index is 9.00. The van der Waals surface area contributed by atoms with E-state index in [0.717, 1.165) is 5.01 Å². The second kappa shape index (κ2) is 2.33. The van der Waals surface area contributed by atoms with E-state index in [0.29, 0.717) is 0 Å². The maximum absolute atomic E-state index is 9.00. The molecule has 9 heavy (non-hydrogen) atoms. The van der Waals surface area contributed by atoms with Crippen LogP contribution in [0, 0.1) is 0 Å². The Hall–Kier alpha value is -0.610. The molecule has 0 radical (unpaired) electrons. The summed E-state index contributed by atoms with van der Waals surface area (Å²) in [5.74, 6) is 5.41. The Balaban J connectivity index is 2.94. The van der Waals surface area contributed by atoms with Crippen molar-refractivity contribution in [2.24, 2.45) is 0 Å². The zero-order chi connectivity index (χ0) is 6.85. The van der Waals surface area contributed by atoms with Crippen molar-refractivity contribution in [3.05, 3.63) is 16.6 Å². The Morgan fingerprint density at radius 3 is 2.78 bits per heavy atom. The number of aromatic nitrogens is 1. The molecule has 1 aromatic rings. The molecule has 0 aliphatic rings. The first-order valence-corrected chi connectivity index (χ1v) is 3.52. The van der Waals surface area contributed by atoms with Crippen molar-refractivity contribution >= 4 is 11.3 Å². The Morgan fingerprint density at radius 2 is 2.56 bits per heavy atom. The van der Waals surface area contributed by atoms with Crippen molar-refractivity contribution in [3.8, 4) is 0 Å². The van der Waals surface area contributed by atoms with Crippen LogP contribution in [0.1, 0.15) is 18.0 Å². The van der Waals surface area contributed by atoms with Crippen molar-refractivity contribution in [1.82, 2.24) is 0 Å². The van der Waals surface area contributed by atoms with E-state index in [1.165, 1.54) is 16.0 Å². The molecule has 1 heterocycles. The van der Waals surface area contributed by atoms with Crippen LogP contribution in [0.3, 0.4) is 0 Å². The third-order valence-electron chi connectivity index (χ3n) is 1.02. The van der Waals surface area contributed by atoms with Crippen LogP contribution >= 0.6 is 11.3 Å². The van der Waals surface area contributed by atoms with Gasteiger partial charge < -0.3 is 5.11 Å². The minimum atomic E-state index is -0.463. The van der Waals surface area contributed by atoms with E-state index in [-0.39, 0.29) is 0 Å². The van der Waals surface area contributed by atoms with Gasteiger partial charge in [-0.2, -0.15) is 0 Å². The Bertz CT molecular complexity index is 197. The van der Waals surface area contributed by atoms with Gasteiger partial charge in [0.05, 0.1) is 5.38 Å². The highest BCUT2D eigenvalue weighted by Crippen LogP contribution is 2.10. The average molecular weight is 145 g/mol. The van der Waals surface area contributed by atoms with Gasteiger partial charge in [-0.3, -0.25) is 0 Å². The molecule has 0 aliphatic carbocycles. The molecule has 1 aromatic heterocycles. The maximum Gasteiger partial charge on any atom is 0.294 e. The summed E-state index contributed by atoms with van der Waals surface area (Å²) in [5, 5.41) is 11.6. The molecule has 4 heteroatoms. The SMILES string of the molecule is CC(O)c1scc[n+]1N. The summed E-state index contributed by atoms with van der Waals surface area (Å²) < 4.78 is 1.43. The lowest BCUT2D eigenvalue weighted by Crippen LogP contribution is -2.46. The molecule has 0 aliphatic heterocycles. The molecule has 3 nitrogen and oxygen atoms in total. The van der Waals surface area contributed by atoms with Crippen LogP contribution in [0.15, 0.2) is 11.6 Å². The van der Waals surface area contributed by atoms with E-state index in [4.69, 9.17) is 10.9 Å².